The fourth-order valence-corrected chi connectivity index (χ4v) is 4.63. The average molecular weight is 404 g/mol. The van der Waals surface area contributed by atoms with Crippen LogP contribution >= 0.6 is 43.6 Å². The van der Waals surface area contributed by atoms with Gasteiger partial charge in [0.2, 0.25) is 0 Å². The summed E-state index contributed by atoms with van der Waals surface area (Å²) in [4.78, 5) is 4.76. The van der Waals surface area contributed by atoms with Crippen molar-refractivity contribution < 1.29 is 0 Å². The Labute approximate surface area is 135 Å². The van der Waals surface area contributed by atoms with Crippen molar-refractivity contribution in [2.45, 2.75) is 25.7 Å². The smallest absolute Gasteiger partial charge is 0.161 e. The van der Waals surface area contributed by atoms with Gasteiger partial charge in [-0.05, 0) is 52.4 Å². The minimum absolute atomic E-state index is 0.504. The van der Waals surface area contributed by atoms with Crippen molar-refractivity contribution >= 4 is 54.5 Å². The molecule has 19 heavy (non-hydrogen) atoms. The third kappa shape index (κ3) is 3.19. The minimum Gasteiger partial charge on any atom is -0.334 e. The molecule has 0 saturated heterocycles. The van der Waals surface area contributed by atoms with Crippen LogP contribution in [0.1, 0.15) is 25.7 Å². The Morgan fingerprint density at radius 1 is 1.21 bits per heavy atom. The number of rotatable bonds is 1. The van der Waals surface area contributed by atoms with E-state index in [1.165, 1.54) is 31.4 Å². The highest BCUT2D eigenvalue weighted by atomic mass is 79.9. The first-order valence-electron chi connectivity index (χ1n) is 6.56. The molecular formula is C14H16Br2N2S. The second-order valence-corrected chi connectivity index (χ2v) is 8.10. The maximum atomic E-state index is 4.76. The second-order valence-electron chi connectivity index (χ2n) is 5.37. The van der Waals surface area contributed by atoms with Gasteiger partial charge in [-0.2, -0.15) is 0 Å². The third-order valence-corrected chi connectivity index (χ3v) is 6.35. The summed E-state index contributed by atoms with van der Waals surface area (Å²) < 4.78 is 2.15. The Kier molecular flexibility index (Phi) is 4.25. The summed E-state index contributed by atoms with van der Waals surface area (Å²) in [5, 5.41) is 4.48. The van der Waals surface area contributed by atoms with Crippen molar-refractivity contribution in [1.82, 2.24) is 0 Å². The summed E-state index contributed by atoms with van der Waals surface area (Å²) in [5.74, 6) is 1.21. The molecule has 1 aromatic rings. The van der Waals surface area contributed by atoms with E-state index in [0.29, 0.717) is 5.41 Å². The fourth-order valence-electron chi connectivity index (χ4n) is 2.76. The van der Waals surface area contributed by atoms with Crippen LogP contribution in [0.2, 0.25) is 0 Å². The summed E-state index contributed by atoms with van der Waals surface area (Å²) in [6, 6.07) is 6.14. The molecule has 1 aliphatic heterocycles. The predicted octanol–water partition coefficient (Wildman–Crippen LogP) is 5.29. The molecule has 1 aromatic carbocycles. The standard InChI is InChI=1S/C14H16Br2N2S/c15-10-3-4-11(16)12(7-10)18-13-17-8-14(9-19-13)5-1-2-6-14/h3-4,7H,1-2,5-6,8-9H2,(H,17,18). The average Bonchev–Trinajstić information content (AvgIpc) is 2.85. The van der Waals surface area contributed by atoms with E-state index in [2.05, 4.69) is 43.2 Å². The molecule has 0 amide bonds. The van der Waals surface area contributed by atoms with E-state index in [-0.39, 0.29) is 0 Å². The van der Waals surface area contributed by atoms with Crippen molar-refractivity contribution in [3.63, 3.8) is 0 Å². The third-order valence-electron chi connectivity index (χ3n) is 3.91. The monoisotopic (exact) mass is 402 g/mol. The summed E-state index contributed by atoms with van der Waals surface area (Å²) in [6.07, 6.45) is 5.49. The maximum absolute atomic E-state index is 4.76. The van der Waals surface area contributed by atoms with Crippen LogP contribution < -0.4 is 5.32 Å². The second kappa shape index (κ2) is 5.78. The molecule has 0 aromatic heterocycles. The Bertz CT molecular complexity index is 510. The van der Waals surface area contributed by atoms with Gasteiger partial charge in [0.05, 0.1) is 5.69 Å². The van der Waals surface area contributed by atoms with E-state index in [1.54, 1.807) is 0 Å². The molecule has 0 unspecified atom stereocenters. The van der Waals surface area contributed by atoms with Gasteiger partial charge >= 0.3 is 0 Å². The fraction of sp³-hybridized carbons (Fsp3) is 0.500. The van der Waals surface area contributed by atoms with Gasteiger partial charge in [0, 0.05) is 21.2 Å². The van der Waals surface area contributed by atoms with Crippen molar-refractivity contribution in [2.24, 2.45) is 10.4 Å². The van der Waals surface area contributed by atoms with E-state index in [1.807, 2.05) is 23.9 Å². The lowest BCUT2D eigenvalue weighted by Gasteiger charge is -2.31. The van der Waals surface area contributed by atoms with Crippen LogP contribution in [0.15, 0.2) is 32.1 Å². The number of anilines is 1. The Morgan fingerprint density at radius 3 is 2.68 bits per heavy atom. The molecule has 0 bridgehead atoms. The number of benzene rings is 1. The van der Waals surface area contributed by atoms with E-state index in [4.69, 9.17) is 4.99 Å². The lowest BCUT2D eigenvalue weighted by Crippen LogP contribution is -2.30. The highest BCUT2D eigenvalue weighted by Crippen LogP contribution is 2.43. The molecule has 2 nitrogen and oxygen atoms in total. The van der Waals surface area contributed by atoms with E-state index >= 15 is 0 Å². The van der Waals surface area contributed by atoms with Crippen LogP contribution in [0.25, 0.3) is 0 Å². The molecular weight excluding hydrogens is 388 g/mol. The number of thioether (sulfide) groups is 1. The largest absolute Gasteiger partial charge is 0.334 e. The summed E-state index contributed by atoms with van der Waals surface area (Å²) >= 11 is 8.94. The molecule has 0 atom stereocenters. The topological polar surface area (TPSA) is 24.4 Å². The summed E-state index contributed by atoms with van der Waals surface area (Å²) in [5.41, 5.74) is 1.58. The van der Waals surface area contributed by atoms with Crippen LogP contribution in [-0.4, -0.2) is 17.5 Å². The Morgan fingerprint density at radius 2 is 2.00 bits per heavy atom. The summed E-state index contributed by atoms with van der Waals surface area (Å²) in [7, 11) is 0. The highest BCUT2D eigenvalue weighted by molar-refractivity contribution is 9.11. The minimum atomic E-state index is 0.504. The first kappa shape index (κ1) is 14.0. The maximum Gasteiger partial charge on any atom is 0.161 e. The van der Waals surface area contributed by atoms with Crippen LogP contribution in [0, 0.1) is 5.41 Å². The zero-order chi connectivity index (χ0) is 13.3. The van der Waals surface area contributed by atoms with Crippen molar-refractivity contribution in [1.29, 1.82) is 0 Å². The Balaban J connectivity index is 1.71. The van der Waals surface area contributed by atoms with E-state index < -0.39 is 0 Å². The van der Waals surface area contributed by atoms with Crippen molar-refractivity contribution in [3.8, 4) is 0 Å². The quantitative estimate of drug-likeness (QED) is 0.689. The Hall–Kier alpha value is -0.000000000000000111. The first-order chi connectivity index (χ1) is 9.17. The van der Waals surface area contributed by atoms with E-state index in [0.717, 1.165) is 26.3 Å². The van der Waals surface area contributed by atoms with Gasteiger partial charge < -0.3 is 5.32 Å². The zero-order valence-corrected chi connectivity index (χ0v) is 14.6. The van der Waals surface area contributed by atoms with Gasteiger partial charge in [-0.15, -0.1) is 0 Å². The number of hydrogen-bond donors (Lipinski definition) is 1. The van der Waals surface area contributed by atoms with Crippen LogP contribution in [0.3, 0.4) is 0 Å². The van der Waals surface area contributed by atoms with Gasteiger partial charge in [-0.25, -0.2) is 0 Å². The molecule has 0 radical (unpaired) electrons. The molecule has 1 N–H and O–H groups in total. The van der Waals surface area contributed by atoms with Gasteiger partial charge in [0.1, 0.15) is 0 Å². The zero-order valence-electron chi connectivity index (χ0n) is 10.6. The first-order valence-corrected chi connectivity index (χ1v) is 9.13. The predicted molar refractivity (Wildman–Crippen MR) is 91.1 cm³/mol. The number of nitrogens with one attached hydrogen (secondary N) is 1. The van der Waals surface area contributed by atoms with Crippen molar-refractivity contribution in [2.75, 3.05) is 17.6 Å². The van der Waals surface area contributed by atoms with Crippen molar-refractivity contribution in [3.05, 3.63) is 27.1 Å². The van der Waals surface area contributed by atoms with Gasteiger partial charge in [0.25, 0.3) is 0 Å². The summed E-state index contributed by atoms with van der Waals surface area (Å²) in [6.45, 7) is 0.994. The van der Waals surface area contributed by atoms with Crippen LogP contribution in [0.4, 0.5) is 5.69 Å². The van der Waals surface area contributed by atoms with Gasteiger partial charge in [-0.1, -0.05) is 40.5 Å². The number of hydrogen-bond acceptors (Lipinski definition) is 3. The number of aliphatic imine (C=N–C) groups is 1. The molecule has 1 spiro atoms. The SMILES string of the molecule is Brc1ccc(Br)c(NC2=NCC3(CCCC3)CS2)c1. The molecule has 3 rings (SSSR count). The van der Waals surface area contributed by atoms with Gasteiger partial charge in [0.15, 0.2) is 5.17 Å². The highest BCUT2D eigenvalue weighted by Gasteiger charge is 2.36. The molecule has 1 heterocycles. The van der Waals surface area contributed by atoms with Crippen LogP contribution in [-0.2, 0) is 0 Å². The molecule has 1 fully saturated rings. The lowest BCUT2D eigenvalue weighted by atomic mass is 9.89. The molecule has 1 saturated carbocycles. The molecule has 2 aliphatic rings. The molecule has 5 heteroatoms. The number of nitrogens with zero attached hydrogens (tertiary/aromatic N) is 1. The number of halogens is 2. The van der Waals surface area contributed by atoms with E-state index in [9.17, 15) is 0 Å². The lowest BCUT2D eigenvalue weighted by molar-refractivity contribution is 0.359. The van der Waals surface area contributed by atoms with Crippen LogP contribution in [0.5, 0.6) is 0 Å². The molecule has 1 aliphatic carbocycles. The normalized spacial score (nSPS) is 21.5. The number of amidine groups is 1. The van der Waals surface area contributed by atoms with Gasteiger partial charge in [-0.3, -0.25) is 4.99 Å². The molecule has 102 valence electrons.